The lowest BCUT2D eigenvalue weighted by molar-refractivity contribution is 0.279. The minimum atomic E-state index is -3.13. The first kappa shape index (κ1) is 13.9. The lowest BCUT2D eigenvalue weighted by Crippen LogP contribution is -2.36. The van der Waals surface area contributed by atoms with Crippen molar-refractivity contribution >= 4 is 10.0 Å². The molecule has 5 heteroatoms. The molecule has 16 heavy (non-hydrogen) atoms. The van der Waals surface area contributed by atoms with Crippen molar-refractivity contribution in [3.8, 4) is 0 Å². The molecule has 2 N–H and O–H groups in total. The zero-order chi connectivity index (χ0) is 12.0. The molecule has 0 amide bonds. The number of hydrogen-bond acceptors (Lipinski definition) is 3. The molecule has 0 saturated heterocycles. The van der Waals surface area contributed by atoms with Crippen LogP contribution in [0.25, 0.3) is 0 Å². The van der Waals surface area contributed by atoms with Crippen LogP contribution in [-0.2, 0) is 10.0 Å². The molecular formula is C11H23NO3S. The van der Waals surface area contributed by atoms with Crippen molar-refractivity contribution < 1.29 is 13.5 Å². The zero-order valence-electron chi connectivity index (χ0n) is 9.98. The first-order valence-electron chi connectivity index (χ1n) is 6.14. The summed E-state index contributed by atoms with van der Waals surface area (Å²) >= 11 is 0. The summed E-state index contributed by atoms with van der Waals surface area (Å²) < 4.78 is 26.3. The Kier molecular flexibility index (Phi) is 5.72. The highest BCUT2D eigenvalue weighted by Gasteiger charge is 2.23. The Labute approximate surface area is 98.5 Å². The predicted octanol–water partition coefficient (Wildman–Crippen LogP) is 1.26. The van der Waals surface area contributed by atoms with Crippen molar-refractivity contribution in [2.75, 3.05) is 12.4 Å². The Morgan fingerprint density at radius 2 is 2.00 bits per heavy atom. The van der Waals surface area contributed by atoms with E-state index >= 15 is 0 Å². The molecule has 1 atom stereocenters. The first-order valence-corrected chi connectivity index (χ1v) is 7.79. The first-order chi connectivity index (χ1) is 7.53. The number of rotatable bonds is 7. The summed E-state index contributed by atoms with van der Waals surface area (Å²) in [7, 11) is -3.13. The molecule has 1 aliphatic carbocycles. The van der Waals surface area contributed by atoms with Gasteiger partial charge in [0.25, 0.3) is 0 Å². The van der Waals surface area contributed by atoms with E-state index in [0.29, 0.717) is 18.8 Å². The van der Waals surface area contributed by atoms with Crippen LogP contribution in [0.15, 0.2) is 0 Å². The van der Waals surface area contributed by atoms with Crippen molar-refractivity contribution in [1.82, 2.24) is 4.72 Å². The highest BCUT2D eigenvalue weighted by molar-refractivity contribution is 7.89. The summed E-state index contributed by atoms with van der Waals surface area (Å²) in [6, 6.07) is -0.0708. The second kappa shape index (κ2) is 6.57. The van der Waals surface area contributed by atoms with Crippen molar-refractivity contribution in [3.63, 3.8) is 0 Å². The van der Waals surface area contributed by atoms with E-state index in [-0.39, 0.29) is 18.4 Å². The number of sulfonamides is 1. The van der Waals surface area contributed by atoms with E-state index in [1.807, 2.05) is 6.92 Å². The Morgan fingerprint density at radius 1 is 1.38 bits per heavy atom. The highest BCUT2D eigenvalue weighted by Crippen LogP contribution is 2.25. The summed E-state index contributed by atoms with van der Waals surface area (Å²) in [5.41, 5.74) is 0. The van der Waals surface area contributed by atoms with Gasteiger partial charge in [0.2, 0.25) is 10.0 Å². The molecule has 0 heterocycles. The van der Waals surface area contributed by atoms with Gasteiger partial charge in [0.15, 0.2) is 0 Å². The van der Waals surface area contributed by atoms with Crippen molar-refractivity contribution in [1.29, 1.82) is 0 Å². The molecule has 1 aliphatic rings. The monoisotopic (exact) mass is 249 g/mol. The molecule has 1 unspecified atom stereocenters. The minimum absolute atomic E-state index is 0.0708. The number of hydrogen-bond donors (Lipinski definition) is 2. The van der Waals surface area contributed by atoms with Crippen molar-refractivity contribution in [2.24, 2.45) is 5.92 Å². The van der Waals surface area contributed by atoms with Crippen molar-refractivity contribution in [3.05, 3.63) is 0 Å². The van der Waals surface area contributed by atoms with Crippen LogP contribution in [0.2, 0.25) is 0 Å². The van der Waals surface area contributed by atoms with Gasteiger partial charge in [-0.25, -0.2) is 13.1 Å². The van der Waals surface area contributed by atoms with Crippen LogP contribution < -0.4 is 4.72 Å². The van der Waals surface area contributed by atoms with E-state index in [1.165, 1.54) is 12.8 Å². The average Bonchev–Trinajstić information content (AvgIpc) is 2.65. The van der Waals surface area contributed by atoms with Gasteiger partial charge in [-0.05, 0) is 38.5 Å². The second-order valence-corrected chi connectivity index (χ2v) is 6.62. The van der Waals surface area contributed by atoms with E-state index in [1.54, 1.807) is 0 Å². The number of aliphatic hydroxyl groups excluding tert-OH is 1. The largest absolute Gasteiger partial charge is 0.396 e. The number of nitrogens with one attached hydrogen (secondary N) is 1. The third-order valence-corrected chi connectivity index (χ3v) is 4.78. The molecule has 0 aromatic carbocycles. The fraction of sp³-hybridized carbons (Fsp3) is 1.00. The van der Waals surface area contributed by atoms with E-state index in [4.69, 9.17) is 5.11 Å². The molecular weight excluding hydrogens is 226 g/mol. The van der Waals surface area contributed by atoms with Gasteiger partial charge in [-0.3, -0.25) is 0 Å². The molecule has 0 radical (unpaired) electrons. The Bertz CT molecular complexity index is 284. The minimum Gasteiger partial charge on any atom is -0.396 e. The van der Waals surface area contributed by atoms with Gasteiger partial charge in [-0.15, -0.1) is 0 Å². The summed E-state index contributed by atoms with van der Waals surface area (Å²) in [6.07, 6.45) is 5.77. The number of aliphatic hydroxyl groups is 1. The maximum Gasteiger partial charge on any atom is 0.212 e. The molecule has 0 aromatic rings. The third-order valence-electron chi connectivity index (χ3n) is 3.11. The van der Waals surface area contributed by atoms with E-state index in [0.717, 1.165) is 12.8 Å². The molecule has 0 aromatic heterocycles. The van der Waals surface area contributed by atoms with Crippen LogP contribution in [0.3, 0.4) is 0 Å². The molecule has 96 valence electrons. The fourth-order valence-corrected chi connectivity index (χ4v) is 4.08. The summed E-state index contributed by atoms with van der Waals surface area (Å²) in [4.78, 5) is 0. The lowest BCUT2D eigenvalue weighted by atomic mass is 10.1. The van der Waals surface area contributed by atoms with Crippen LogP contribution in [0.1, 0.15) is 45.4 Å². The smallest absolute Gasteiger partial charge is 0.212 e. The van der Waals surface area contributed by atoms with E-state index < -0.39 is 10.0 Å². The van der Waals surface area contributed by atoms with Crippen LogP contribution in [0.4, 0.5) is 0 Å². The van der Waals surface area contributed by atoms with Crippen molar-refractivity contribution in [2.45, 2.75) is 51.5 Å². The average molecular weight is 249 g/mol. The summed E-state index contributed by atoms with van der Waals surface area (Å²) in [5.74, 6) is 0.624. The quantitative estimate of drug-likeness (QED) is 0.714. The van der Waals surface area contributed by atoms with Gasteiger partial charge in [0.1, 0.15) is 0 Å². The van der Waals surface area contributed by atoms with Gasteiger partial charge in [-0.1, -0.05) is 12.8 Å². The second-order valence-electron chi connectivity index (χ2n) is 4.82. The standard InChI is InChI=1S/C11H23NO3S/c1-10(5-4-8-13)12-16(14,15)9-11-6-2-3-7-11/h10-13H,2-9H2,1H3. The fourth-order valence-electron chi connectivity index (χ4n) is 2.30. The summed E-state index contributed by atoms with van der Waals surface area (Å²) in [6.45, 7) is 1.97. The molecule has 0 bridgehead atoms. The molecule has 1 fully saturated rings. The third kappa shape index (κ3) is 5.27. The normalized spacial score (nSPS) is 20.1. The van der Waals surface area contributed by atoms with E-state index in [9.17, 15) is 8.42 Å². The molecule has 1 rings (SSSR count). The maximum atomic E-state index is 11.8. The lowest BCUT2D eigenvalue weighted by Gasteiger charge is -2.15. The van der Waals surface area contributed by atoms with Gasteiger partial charge >= 0.3 is 0 Å². The van der Waals surface area contributed by atoms with Crippen LogP contribution in [-0.4, -0.2) is 31.9 Å². The Morgan fingerprint density at radius 3 is 2.56 bits per heavy atom. The molecule has 4 nitrogen and oxygen atoms in total. The highest BCUT2D eigenvalue weighted by atomic mass is 32.2. The van der Waals surface area contributed by atoms with Crippen LogP contribution in [0.5, 0.6) is 0 Å². The SMILES string of the molecule is CC(CCCO)NS(=O)(=O)CC1CCCC1. The van der Waals surface area contributed by atoms with Crippen LogP contribution in [0, 0.1) is 5.92 Å². The van der Waals surface area contributed by atoms with Crippen LogP contribution >= 0.6 is 0 Å². The predicted molar refractivity (Wildman–Crippen MR) is 64.7 cm³/mol. The van der Waals surface area contributed by atoms with Gasteiger partial charge in [-0.2, -0.15) is 0 Å². The zero-order valence-corrected chi connectivity index (χ0v) is 10.8. The Hall–Kier alpha value is -0.130. The summed E-state index contributed by atoms with van der Waals surface area (Å²) in [5, 5.41) is 8.67. The Balaban J connectivity index is 2.32. The van der Waals surface area contributed by atoms with Gasteiger partial charge in [0.05, 0.1) is 5.75 Å². The molecule has 1 saturated carbocycles. The topological polar surface area (TPSA) is 66.4 Å². The van der Waals surface area contributed by atoms with E-state index in [2.05, 4.69) is 4.72 Å². The van der Waals surface area contributed by atoms with Gasteiger partial charge in [0, 0.05) is 12.6 Å². The maximum absolute atomic E-state index is 11.8. The van der Waals surface area contributed by atoms with Gasteiger partial charge < -0.3 is 5.11 Å². The molecule has 0 spiro atoms. The molecule has 0 aliphatic heterocycles.